The van der Waals surface area contributed by atoms with E-state index in [9.17, 15) is 16.8 Å². The van der Waals surface area contributed by atoms with Gasteiger partial charge in [-0.05, 0) is 12.3 Å². The first-order valence-corrected chi connectivity index (χ1v) is 9.02. The van der Waals surface area contributed by atoms with Crippen molar-refractivity contribution in [1.29, 1.82) is 0 Å². The molecule has 5 nitrogen and oxygen atoms in total. The predicted molar refractivity (Wildman–Crippen MR) is 65.6 cm³/mol. The molecule has 0 aliphatic rings. The van der Waals surface area contributed by atoms with Crippen LogP contribution in [-0.2, 0) is 19.9 Å². The van der Waals surface area contributed by atoms with E-state index >= 15 is 0 Å². The van der Waals surface area contributed by atoms with Crippen LogP contribution in [0.1, 0.15) is 26.7 Å². The van der Waals surface area contributed by atoms with E-state index in [1.807, 2.05) is 13.8 Å². The van der Waals surface area contributed by atoms with Crippen LogP contribution < -0.4 is 4.72 Å². The summed E-state index contributed by atoms with van der Waals surface area (Å²) in [5, 5.41) is 0. The smallest absolute Gasteiger partial charge is 0.211 e. The molecule has 0 fully saturated rings. The fourth-order valence-electron chi connectivity index (χ4n) is 0.997. The first-order valence-electron chi connectivity index (χ1n) is 5.31. The minimum absolute atomic E-state index is 0.0861. The second-order valence-electron chi connectivity index (χ2n) is 4.16. The lowest BCUT2D eigenvalue weighted by Gasteiger charge is -2.10. The van der Waals surface area contributed by atoms with E-state index in [-0.39, 0.29) is 17.9 Å². The van der Waals surface area contributed by atoms with Crippen LogP contribution >= 0.6 is 0 Å². The van der Waals surface area contributed by atoms with Crippen molar-refractivity contribution in [2.45, 2.75) is 26.7 Å². The van der Waals surface area contributed by atoms with E-state index in [0.717, 1.165) is 12.7 Å². The van der Waals surface area contributed by atoms with Gasteiger partial charge in [-0.15, -0.1) is 0 Å². The average molecular weight is 271 g/mol. The molecule has 7 heteroatoms. The van der Waals surface area contributed by atoms with E-state index < -0.39 is 19.9 Å². The molecule has 0 amide bonds. The lowest BCUT2D eigenvalue weighted by molar-refractivity contribution is 0.528. The van der Waals surface area contributed by atoms with Crippen LogP contribution in [0.2, 0.25) is 0 Å². The standard InChI is InChI=1S/C9H21NO4S2/c1-4-9(2)8-10-16(13,14)7-5-6-15(3,11)12/h9-10H,4-8H2,1-3H3. The normalized spacial score (nSPS) is 14.9. The van der Waals surface area contributed by atoms with Gasteiger partial charge in [0.1, 0.15) is 9.84 Å². The summed E-state index contributed by atoms with van der Waals surface area (Å²) < 4.78 is 47.0. The lowest BCUT2D eigenvalue weighted by atomic mass is 10.1. The van der Waals surface area contributed by atoms with E-state index in [1.165, 1.54) is 0 Å². The fourth-order valence-corrected chi connectivity index (χ4v) is 3.06. The fraction of sp³-hybridized carbons (Fsp3) is 1.00. The average Bonchev–Trinajstić information content (AvgIpc) is 2.12. The van der Waals surface area contributed by atoms with Gasteiger partial charge in [-0.2, -0.15) is 0 Å². The van der Waals surface area contributed by atoms with Crippen LogP contribution in [0.5, 0.6) is 0 Å². The molecule has 0 bridgehead atoms. The summed E-state index contributed by atoms with van der Waals surface area (Å²) in [6.07, 6.45) is 2.16. The van der Waals surface area contributed by atoms with Gasteiger partial charge in [-0.1, -0.05) is 20.3 Å². The summed E-state index contributed by atoms with van der Waals surface area (Å²) >= 11 is 0. The third kappa shape index (κ3) is 9.11. The molecule has 0 heterocycles. The zero-order valence-corrected chi connectivity index (χ0v) is 11.7. The Hall–Kier alpha value is -0.140. The minimum atomic E-state index is -3.32. The van der Waals surface area contributed by atoms with Gasteiger partial charge >= 0.3 is 0 Å². The highest BCUT2D eigenvalue weighted by molar-refractivity contribution is 7.91. The van der Waals surface area contributed by atoms with Gasteiger partial charge in [0.15, 0.2) is 0 Å². The Morgan fingerprint density at radius 3 is 2.12 bits per heavy atom. The maximum atomic E-state index is 11.4. The van der Waals surface area contributed by atoms with Gasteiger partial charge in [0, 0.05) is 12.8 Å². The summed E-state index contributed by atoms with van der Waals surface area (Å²) in [6.45, 7) is 4.36. The molecule has 1 N–H and O–H groups in total. The number of sulfonamides is 1. The quantitative estimate of drug-likeness (QED) is 0.692. The van der Waals surface area contributed by atoms with E-state index in [0.29, 0.717) is 12.5 Å². The predicted octanol–water partition coefficient (Wildman–Crippen LogP) is 0.387. The first-order chi connectivity index (χ1) is 7.16. The van der Waals surface area contributed by atoms with Crippen LogP contribution in [-0.4, -0.2) is 41.1 Å². The first kappa shape index (κ1) is 15.9. The number of hydrogen-bond acceptors (Lipinski definition) is 4. The third-order valence-electron chi connectivity index (χ3n) is 2.28. The van der Waals surface area contributed by atoms with Crippen molar-refractivity contribution >= 4 is 19.9 Å². The second kappa shape index (κ2) is 6.56. The molecule has 1 atom stereocenters. The van der Waals surface area contributed by atoms with Crippen LogP contribution in [0.25, 0.3) is 0 Å². The van der Waals surface area contributed by atoms with E-state index in [1.54, 1.807) is 0 Å². The maximum Gasteiger partial charge on any atom is 0.211 e. The van der Waals surface area contributed by atoms with E-state index in [2.05, 4.69) is 4.72 Å². The van der Waals surface area contributed by atoms with Crippen molar-refractivity contribution in [2.75, 3.05) is 24.3 Å². The number of sulfone groups is 1. The monoisotopic (exact) mass is 271 g/mol. The van der Waals surface area contributed by atoms with Crippen LogP contribution in [0.3, 0.4) is 0 Å². The van der Waals surface area contributed by atoms with Crippen molar-refractivity contribution in [1.82, 2.24) is 4.72 Å². The number of hydrogen-bond donors (Lipinski definition) is 1. The van der Waals surface area contributed by atoms with Crippen molar-refractivity contribution in [3.05, 3.63) is 0 Å². The zero-order valence-electron chi connectivity index (χ0n) is 10.1. The molecule has 0 radical (unpaired) electrons. The van der Waals surface area contributed by atoms with Crippen LogP contribution in [0, 0.1) is 5.92 Å². The Labute approximate surface area is 98.6 Å². The van der Waals surface area contributed by atoms with Gasteiger partial charge < -0.3 is 0 Å². The van der Waals surface area contributed by atoms with Crippen LogP contribution in [0.15, 0.2) is 0 Å². The van der Waals surface area contributed by atoms with Gasteiger partial charge in [0.25, 0.3) is 0 Å². The summed E-state index contributed by atoms with van der Waals surface area (Å²) in [5.74, 6) is 0.0815. The number of nitrogens with one attached hydrogen (secondary N) is 1. The van der Waals surface area contributed by atoms with Gasteiger partial charge in [-0.3, -0.25) is 0 Å². The molecule has 0 saturated carbocycles. The minimum Gasteiger partial charge on any atom is -0.229 e. The molecule has 0 spiro atoms. The molecule has 98 valence electrons. The maximum absolute atomic E-state index is 11.4. The van der Waals surface area contributed by atoms with Crippen molar-refractivity contribution in [3.8, 4) is 0 Å². The number of rotatable bonds is 8. The van der Waals surface area contributed by atoms with Crippen molar-refractivity contribution < 1.29 is 16.8 Å². The van der Waals surface area contributed by atoms with Gasteiger partial charge in [0.05, 0.1) is 11.5 Å². The summed E-state index contributed by atoms with van der Waals surface area (Å²) in [5.41, 5.74) is 0. The molecule has 0 aliphatic carbocycles. The van der Waals surface area contributed by atoms with Crippen LogP contribution in [0.4, 0.5) is 0 Å². The molecule has 16 heavy (non-hydrogen) atoms. The molecular weight excluding hydrogens is 250 g/mol. The molecule has 1 unspecified atom stereocenters. The van der Waals surface area contributed by atoms with Gasteiger partial charge in [-0.25, -0.2) is 21.6 Å². The van der Waals surface area contributed by atoms with E-state index in [4.69, 9.17) is 0 Å². The Morgan fingerprint density at radius 1 is 1.12 bits per heavy atom. The van der Waals surface area contributed by atoms with Gasteiger partial charge in [0.2, 0.25) is 10.0 Å². The Kier molecular flexibility index (Phi) is 6.50. The Bertz CT molecular complexity index is 386. The Morgan fingerprint density at radius 2 is 1.69 bits per heavy atom. The molecule has 0 aromatic heterocycles. The van der Waals surface area contributed by atoms with Crippen molar-refractivity contribution in [3.63, 3.8) is 0 Å². The Balaban J connectivity index is 3.98. The highest BCUT2D eigenvalue weighted by Gasteiger charge is 2.12. The summed E-state index contributed by atoms with van der Waals surface area (Å²) in [6, 6.07) is 0. The topological polar surface area (TPSA) is 80.3 Å². The van der Waals surface area contributed by atoms with Crippen molar-refractivity contribution in [2.24, 2.45) is 5.92 Å². The largest absolute Gasteiger partial charge is 0.229 e. The second-order valence-corrected chi connectivity index (χ2v) is 8.35. The summed E-state index contributed by atoms with van der Waals surface area (Å²) in [4.78, 5) is 0. The lowest BCUT2D eigenvalue weighted by Crippen LogP contribution is -2.31. The SMILES string of the molecule is CCC(C)CNS(=O)(=O)CCCS(C)(=O)=O. The third-order valence-corrected chi connectivity index (χ3v) is 4.74. The molecule has 0 saturated heterocycles. The zero-order chi connectivity index (χ0) is 12.8. The molecular formula is C9H21NO4S2. The molecule has 0 aromatic rings. The molecule has 0 aromatic carbocycles. The summed E-state index contributed by atoms with van der Waals surface area (Å²) in [7, 11) is -6.40. The molecule has 0 aliphatic heterocycles. The highest BCUT2D eigenvalue weighted by atomic mass is 32.2. The molecule has 0 rings (SSSR count). The highest BCUT2D eigenvalue weighted by Crippen LogP contribution is 2.00.